The molecule has 0 aromatic carbocycles. The highest BCUT2D eigenvalue weighted by atomic mass is 79.9. The molecule has 1 saturated carbocycles. The minimum Gasteiger partial charge on any atom is -0.261 e. The molecule has 2 atom stereocenters. The SMILES string of the molecule is O=S(=O)(CCc1ccccn1)NC1CCCC1Br. The average molecular weight is 333 g/mol. The Bertz CT molecular complexity index is 478. The van der Waals surface area contributed by atoms with Crippen molar-refractivity contribution in [3.8, 4) is 0 Å². The van der Waals surface area contributed by atoms with Crippen LogP contribution in [0, 0.1) is 0 Å². The highest BCUT2D eigenvalue weighted by Gasteiger charge is 2.28. The summed E-state index contributed by atoms with van der Waals surface area (Å²) < 4.78 is 26.7. The Morgan fingerprint density at radius 3 is 2.83 bits per heavy atom. The summed E-state index contributed by atoms with van der Waals surface area (Å²) in [5.74, 6) is 0.0975. The van der Waals surface area contributed by atoms with Gasteiger partial charge in [0.15, 0.2) is 0 Å². The highest BCUT2D eigenvalue weighted by molar-refractivity contribution is 9.09. The maximum Gasteiger partial charge on any atom is 0.212 e. The van der Waals surface area contributed by atoms with Crippen LogP contribution in [0.4, 0.5) is 0 Å². The van der Waals surface area contributed by atoms with Crippen LogP contribution in [0.15, 0.2) is 24.4 Å². The lowest BCUT2D eigenvalue weighted by molar-refractivity contribution is 0.555. The van der Waals surface area contributed by atoms with Crippen LogP contribution in [0.5, 0.6) is 0 Å². The van der Waals surface area contributed by atoms with E-state index in [1.807, 2.05) is 18.2 Å². The molecule has 0 saturated heterocycles. The van der Waals surface area contributed by atoms with E-state index in [0.29, 0.717) is 6.42 Å². The van der Waals surface area contributed by atoms with Crippen molar-refractivity contribution in [2.45, 2.75) is 36.6 Å². The molecule has 4 nitrogen and oxygen atoms in total. The summed E-state index contributed by atoms with van der Waals surface area (Å²) in [5.41, 5.74) is 0.810. The third kappa shape index (κ3) is 4.03. The Balaban J connectivity index is 1.88. The number of aromatic nitrogens is 1. The van der Waals surface area contributed by atoms with E-state index in [4.69, 9.17) is 0 Å². The monoisotopic (exact) mass is 332 g/mol. The second kappa shape index (κ2) is 6.12. The van der Waals surface area contributed by atoms with Gasteiger partial charge in [-0.2, -0.15) is 0 Å². The Morgan fingerprint density at radius 1 is 1.39 bits per heavy atom. The van der Waals surface area contributed by atoms with Gasteiger partial charge in [0.25, 0.3) is 0 Å². The topological polar surface area (TPSA) is 59.1 Å². The zero-order valence-electron chi connectivity index (χ0n) is 10.0. The summed E-state index contributed by atoms with van der Waals surface area (Å²) >= 11 is 3.51. The lowest BCUT2D eigenvalue weighted by Crippen LogP contribution is -2.39. The van der Waals surface area contributed by atoms with Gasteiger partial charge in [0.05, 0.1) is 5.75 Å². The maximum absolute atomic E-state index is 11.9. The van der Waals surface area contributed by atoms with Gasteiger partial charge in [0, 0.05) is 29.2 Å². The number of rotatable bonds is 5. The van der Waals surface area contributed by atoms with Gasteiger partial charge >= 0.3 is 0 Å². The smallest absolute Gasteiger partial charge is 0.212 e. The normalized spacial score (nSPS) is 24.3. The van der Waals surface area contributed by atoms with Crippen LogP contribution < -0.4 is 4.72 Å². The number of hydrogen-bond acceptors (Lipinski definition) is 3. The third-order valence-electron chi connectivity index (χ3n) is 3.12. The summed E-state index contributed by atoms with van der Waals surface area (Å²) in [6.07, 6.45) is 5.16. The molecule has 18 heavy (non-hydrogen) atoms. The molecule has 100 valence electrons. The quantitative estimate of drug-likeness (QED) is 0.837. The van der Waals surface area contributed by atoms with E-state index in [0.717, 1.165) is 25.0 Å². The Hall–Kier alpha value is -0.460. The fraction of sp³-hybridized carbons (Fsp3) is 0.583. The Morgan fingerprint density at radius 2 is 2.22 bits per heavy atom. The second-order valence-electron chi connectivity index (χ2n) is 4.56. The largest absolute Gasteiger partial charge is 0.261 e. The van der Waals surface area contributed by atoms with Gasteiger partial charge in [-0.15, -0.1) is 0 Å². The zero-order chi connectivity index (χ0) is 13.0. The number of nitrogens with one attached hydrogen (secondary N) is 1. The van der Waals surface area contributed by atoms with Crippen molar-refractivity contribution in [2.75, 3.05) is 5.75 Å². The van der Waals surface area contributed by atoms with E-state index in [2.05, 4.69) is 25.6 Å². The van der Waals surface area contributed by atoms with Gasteiger partial charge in [-0.1, -0.05) is 28.4 Å². The van der Waals surface area contributed by atoms with Gasteiger partial charge < -0.3 is 0 Å². The van der Waals surface area contributed by atoms with Crippen LogP contribution in [0.3, 0.4) is 0 Å². The van der Waals surface area contributed by atoms with E-state index >= 15 is 0 Å². The van der Waals surface area contributed by atoms with E-state index in [1.165, 1.54) is 0 Å². The molecule has 0 aliphatic heterocycles. The van der Waals surface area contributed by atoms with E-state index in [9.17, 15) is 8.42 Å². The van der Waals surface area contributed by atoms with Crippen LogP contribution in [0.25, 0.3) is 0 Å². The van der Waals surface area contributed by atoms with Crippen LogP contribution >= 0.6 is 15.9 Å². The first-order valence-electron chi connectivity index (χ1n) is 6.11. The summed E-state index contributed by atoms with van der Waals surface area (Å²) in [5, 5.41) is 0. The molecule has 1 aromatic rings. The molecular formula is C12H17BrN2O2S. The van der Waals surface area contributed by atoms with Crippen LogP contribution in [0.2, 0.25) is 0 Å². The molecule has 0 amide bonds. The molecule has 1 aromatic heterocycles. The second-order valence-corrected chi connectivity index (χ2v) is 7.61. The first kappa shape index (κ1) is 14.0. The first-order valence-corrected chi connectivity index (χ1v) is 8.67. The Labute approximate surface area is 116 Å². The highest BCUT2D eigenvalue weighted by Crippen LogP contribution is 2.26. The minimum absolute atomic E-state index is 0.0405. The maximum atomic E-state index is 11.9. The van der Waals surface area contributed by atoms with Crippen molar-refractivity contribution in [1.82, 2.24) is 9.71 Å². The van der Waals surface area contributed by atoms with Crippen LogP contribution in [0.1, 0.15) is 25.0 Å². The van der Waals surface area contributed by atoms with Gasteiger partial charge in [0.1, 0.15) is 0 Å². The van der Waals surface area contributed by atoms with Crippen molar-refractivity contribution in [3.63, 3.8) is 0 Å². The minimum atomic E-state index is -3.22. The molecule has 1 fully saturated rings. The fourth-order valence-electron chi connectivity index (χ4n) is 2.12. The molecule has 2 unspecified atom stereocenters. The lowest BCUT2D eigenvalue weighted by atomic mass is 10.3. The number of aryl methyl sites for hydroxylation is 1. The zero-order valence-corrected chi connectivity index (χ0v) is 12.5. The summed E-state index contributed by atoms with van der Waals surface area (Å²) in [6, 6.07) is 5.58. The number of nitrogens with zero attached hydrogens (tertiary/aromatic N) is 1. The molecule has 0 bridgehead atoms. The van der Waals surface area contributed by atoms with Gasteiger partial charge in [-0.25, -0.2) is 13.1 Å². The molecule has 1 N–H and O–H groups in total. The van der Waals surface area contributed by atoms with Gasteiger partial charge in [-0.3, -0.25) is 4.98 Å². The molecule has 6 heteroatoms. The van der Waals surface area contributed by atoms with E-state index in [1.54, 1.807) is 6.20 Å². The average Bonchev–Trinajstić information content (AvgIpc) is 2.73. The third-order valence-corrected chi connectivity index (χ3v) is 5.62. The fourth-order valence-corrected chi connectivity index (χ4v) is 4.36. The molecule has 0 spiro atoms. The van der Waals surface area contributed by atoms with Gasteiger partial charge in [0.2, 0.25) is 10.0 Å². The lowest BCUT2D eigenvalue weighted by Gasteiger charge is -2.16. The molecule has 1 aliphatic carbocycles. The van der Waals surface area contributed by atoms with Crippen LogP contribution in [-0.4, -0.2) is 30.0 Å². The molecule has 1 heterocycles. The van der Waals surface area contributed by atoms with Crippen molar-refractivity contribution < 1.29 is 8.42 Å². The molecular weight excluding hydrogens is 316 g/mol. The van der Waals surface area contributed by atoms with Crippen molar-refractivity contribution in [1.29, 1.82) is 0 Å². The molecule has 1 aliphatic rings. The number of alkyl halides is 1. The Kier molecular flexibility index (Phi) is 4.75. The summed E-state index contributed by atoms with van der Waals surface area (Å²) in [7, 11) is -3.22. The number of pyridine rings is 1. The summed E-state index contributed by atoms with van der Waals surface area (Å²) in [6.45, 7) is 0. The van der Waals surface area contributed by atoms with Crippen LogP contribution in [-0.2, 0) is 16.4 Å². The predicted octanol–water partition coefficient (Wildman–Crippen LogP) is 1.86. The van der Waals surface area contributed by atoms with Crippen molar-refractivity contribution in [2.24, 2.45) is 0 Å². The van der Waals surface area contributed by atoms with Crippen molar-refractivity contribution in [3.05, 3.63) is 30.1 Å². The first-order chi connectivity index (χ1) is 8.57. The van der Waals surface area contributed by atoms with Gasteiger partial charge in [-0.05, 0) is 25.0 Å². The van der Waals surface area contributed by atoms with E-state index in [-0.39, 0.29) is 16.6 Å². The standard InChI is InChI=1S/C12H17BrN2O2S/c13-11-5-3-6-12(11)15-18(16,17)9-7-10-4-1-2-8-14-10/h1-2,4,8,11-12,15H,3,5-7,9H2. The summed E-state index contributed by atoms with van der Waals surface area (Å²) in [4.78, 5) is 4.39. The predicted molar refractivity (Wildman–Crippen MR) is 75.2 cm³/mol. The molecule has 0 radical (unpaired) electrons. The number of halogens is 1. The molecule has 2 rings (SSSR count). The number of sulfonamides is 1. The van der Waals surface area contributed by atoms with E-state index < -0.39 is 10.0 Å². The van der Waals surface area contributed by atoms with Crippen molar-refractivity contribution >= 4 is 26.0 Å². The number of hydrogen-bond donors (Lipinski definition) is 1.